The van der Waals surface area contributed by atoms with E-state index in [1.807, 2.05) is 12.1 Å². The number of aldehydes is 1. The van der Waals surface area contributed by atoms with Crippen LogP contribution in [0, 0.1) is 6.92 Å². The van der Waals surface area contributed by atoms with Crippen LogP contribution >= 0.6 is 11.6 Å². The van der Waals surface area contributed by atoms with Crippen LogP contribution in [-0.4, -0.2) is 16.1 Å². The fourth-order valence-electron chi connectivity index (χ4n) is 3.14. The van der Waals surface area contributed by atoms with Crippen LogP contribution in [0.25, 0.3) is 0 Å². The van der Waals surface area contributed by atoms with Crippen LogP contribution < -0.4 is 0 Å². The zero-order valence-electron chi connectivity index (χ0n) is 12.2. The fourth-order valence-corrected chi connectivity index (χ4v) is 3.37. The van der Waals surface area contributed by atoms with Gasteiger partial charge in [0.1, 0.15) is 5.15 Å². The molecule has 1 aliphatic carbocycles. The van der Waals surface area contributed by atoms with E-state index in [2.05, 4.69) is 24.2 Å². The van der Waals surface area contributed by atoms with Crippen LogP contribution in [0.2, 0.25) is 5.15 Å². The van der Waals surface area contributed by atoms with Crippen molar-refractivity contribution < 1.29 is 4.79 Å². The molecule has 1 aliphatic rings. The average molecular weight is 303 g/mol. The second-order valence-electron chi connectivity index (χ2n) is 5.77. The standard InChI is InChI=1S/C17H19ClN2O/c1-12-6-2-3-9-14(12)10-20-17(18)15(11-21)16(19-20)13-7-4-5-8-13/h2-3,6,9,11,13H,4-5,7-8,10H2,1H3. The summed E-state index contributed by atoms with van der Waals surface area (Å²) in [7, 11) is 0. The fraction of sp³-hybridized carbons (Fsp3) is 0.412. The molecule has 0 aliphatic heterocycles. The quantitative estimate of drug-likeness (QED) is 0.786. The van der Waals surface area contributed by atoms with Gasteiger partial charge in [-0.15, -0.1) is 0 Å². The number of hydrogen-bond donors (Lipinski definition) is 0. The van der Waals surface area contributed by atoms with E-state index in [-0.39, 0.29) is 0 Å². The van der Waals surface area contributed by atoms with Gasteiger partial charge in [-0.1, -0.05) is 48.7 Å². The predicted molar refractivity (Wildman–Crippen MR) is 84.1 cm³/mol. The molecular weight excluding hydrogens is 284 g/mol. The van der Waals surface area contributed by atoms with Gasteiger partial charge in [0.2, 0.25) is 0 Å². The highest BCUT2D eigenvalue weighted by Gasteiger charge is 2.26. The lowest BCUT2D eigenvalue weighted by Crippen LogP contribution is -2.04. The Morgan fingerprint density at radius 1 is 1.33 bits per heavy atom. The normalized spacial score (nSPS) is 15.5. The Bertz CT molecular complexity index is 657. The molecule has 0 unspecified atom stereocenters. The minimum Gasteiger partial charge on any atom is -0.298 e. The molecule has 0 atom stereocenters. The van der Waals surface area contributed by atoms with E-state index in [1.165, 1.54) is 24.0 Å². The zero-order chi connectivity index (χ0) is 14.8. The topological polar surface area (TPSA) is 34.9 Å². The third-order valence-electron chi connectivity index (χ3n) is 4.39. The summed E-state index contributed by atoms with van der Waals surface area (Å²) in [4.78, 5) is 11.4. The Balaban J connectivity index is 1.96. The van der Waals surface area contributed by atoms with Gasteiger partial charge >= 0.3 is 0 Å². The van der Waals surface area contributed by atoms with Crippen molar-refractivity contribution in [2.75, 3.05) is 0 Å². The number of aromatic nitrogens is 2. The molecule has 1 fully saturated rings. The molecule has 0 radical (unpaired) electrons. The second kappa shape index (κ2) is 6.02. The highest BCUT2D eigenvalue weighted by atomic mass is 35.5. The van der Waals surface area contributed by atoms with Crippen molar-refractivity contribution >= 4 is 17.9 Å². The molecule has 21 heavy (non-hydrogen) atoms. The van der Waals surface area contributed by atoms with Crippen molar-refractivity contribution in [3.63, 3.8) is 0 Å². The highest BCUT2D eigenvalue weighted by Crippen LogP contribution is 2.36. The van der Waals surface area contributed by atoms with E-state index in [0.717, 1.165) is 24.8 Å². The van der Waals surface area contributed by atoms with Crippen molar-refractivity contribution in [3.8, 4) is 0 Å². The Labute approximate surface area is 129 Å². The van der Waals surface area contributed by atoms with Crippen LogP contribution in [0.5, 0.6) is 0 Å². The summed E-state index contributed by atoms with van der Waals surface area (Å²) in [5, 5.41) is 5.12. The highest BCUT2D eigenvalue weighted by molar-refractivity contribution is 6.32. The molecule has 0 bridgehead atoms. The third kappa shape index (κ3) is 2.75. The van der Waals surface area contributed by atoms with Crippen LogP contribution in [-0.2, 0) is 6.54 Å². The van der Waals surface area contributed by atoms with Crippen LogP contribution in [0.1, 0.15) is 58.8 Å². The maximum absolute atomic E-state index is 11.4. The first kappa shape index (κ1) is 14.3. The lowest BCUT2D eigenvalue weighted by Gasteiger charge is -2.07. The summed E-state index contributed by atoms with van der Waals surface area (Å²) in [5.74, 6) is 0.390. The van der Waals surface area contributed by atoms with Crippen LogP contribution in [0.3, 0.4) is 0 Å². The maximum Gasteiger partial charge on any atom is 0.155 e. The molecule has 0 saturated heterocycles. The van der Waals surface area contributed by atoms with E-state index < -0.39 is 0 Å². The molecule has 0 amide bonds. The number of hydrogen-bond acceptors (Lipinski definition) is 2. The molecule has 4 heteroatoms. The molecule has 110 valence electrons. The van der Waals surface area contributed by atoms with Gasteiger partial charge < -0.3 is 0 Å². The van der Waals surface area contributed by atoms with Crippen LogP contribution in [0.4, 0.5) is 0 Å². The van der Waals surface area contributed by atoms with Crippen LogP contribution in [0.15, 0.2) is 24.3 Å². The second-order valence-corrected chi connectivity index (χ2v) is 6.13. The molecule has 0 N–H and O–H groups in total. The number of carbonyl (C=O) groups excluding carboxylic acids is 1. The number of rotatable bonds is 4. The Kier molecular flexibility index (Phi) is 4.11. The first-order valence-corrected chi connectivity index (χ1v) is 7.84. The largest absolute Gasteiger partial charge is 0.298 e. The van der Waals surface area contributed by atoms with E-state index in [0.29, 0.717) is 23.2 Å². The van der Waals surface area contributed by atoms with E-state index in [9.17, 15) is 4.79 Å². The van der Waals surface area contributed by atoms with Gasteiger partial charge in [0.25, 0.3) is 0 Å². The monoisotopic (exact) mass is 302 g/mol. The molecule has 3 rings (SSSR count). The van der Waals surface area contributed by atoms with E-state index in [4.69, 9.17) is 11.6 Å². The van der Waals surface area contributed by atoms with Crippen molar-refractivity contribution in [2.24, 2.45) is 0 Å². The summed E-state index contributed by atoms with van der Waals surface area (Å²) < 4.78 is 1.77. The summed E-state index contributed by atoms with van der Waals surface area (Å²) in [5.41, 5.74) is 3.86. The summed E-state index contributed by atoms with van der Waals surface area (Å²) in [6.45, 7) is 2.68. The van der Waals surface area contributed by atoms with E-state index >= 15 is 0 Å². The molecule has 1 aromatic heterocycles. The predicted octanol–water partition coefficient (Wildman–Crippen LogP) is 4.36. The zero-order valence-corrected chi connectivity index (χ0v) is 12.9. The molecule has 3 nitrogen and oxygen atoms in total. The SMILES string of the molecule is Cc1ccccc1Cn1nc(C2CCCC2)c(C=O)c1Cl. The van der Waals surface area contributed by atoms with Gasteiger partial charge in [0, 0.05) is 5.92 Å². The minimum atomic E-state index is 0.390. The van der Waals surface area contributed by atoms with Gasteiger partial charge in [-0.3, -0.25) is 4.79 Å². The molecule has 2 aromatic rings. The van der Waals surface area contributed by atoms with Gasteiger partial charge in [-0.05, 0) is 30.9 Å². The number of nitrogens with zero attached hydrogens (tertiary/aromatic N) is 2. The van der Waals surface area contributed by atoms with Gasteiger partial charge in [-0.25, -0.2) is 4.68 Å². The van der Waals surface area contributed by atoms with Gasteiger partial charge in [0.15, 0.2) is 6.29 Å². The molecule has 1 aromatic carbocycles. The van der Waals surface area contributed by atoms with Crippen molar-refractivity contribution in [1.82, 2.24) is 9.78 Å². The average Bonchev–Trinajstić information content (AvgIpc) is 3.10. The lowest BCUT2D eigenvalue weighted by molar-refractivity contribution is 0.112. The number of halogens is 1. The van der Waals surface area contributed by atoms with Gasteiger partial charge in [0.05, 0.1) is 17.8 Å². The van der Waals surface area contributed by atoms with Crippen molar-refractivity contribution in [1.29, 1.82) is 0 Å². The maximum atomic E-state index is 11.4. The first-order valence-electron chi connectivity index (χ1n) is 7.46. The number of aryl methyl sites for hydroxylation is 1. The molecule has 0 spiro atoms. The molecular formula is C17H19ClN2O. The van der Waals surface area contributed by atoms with E-state index in [1.54, 1.807) is 4.68 Å². The smallest absolute Gasteiger partial charge is 0.155 e. The number of benzene rings is 1. The first-order chi connectivity index (χ1) is 10.2. The summed E-state index contributed by atoms with van der Waals surface area (Å²) in [6.07, 6.45) is 5.50. The molecule has 1 saturated carbocycles. The molecule has 1 heterocycles. The lowest BCUT2D eigenvalue weighted by atomic mass is 10.0. The minimum absolute atomic E-state index is 0.390. The van der Waals surface area contributed by atoms with Crippen molar-refractivity contribution in [2.45, 2.75) is 45.1 Å². The summed E-state index contributed by atoms with van der Waals surface area (Å²) >= 11 is 6.38. The van der Waals surface area contributed by atoms with Crippen molar-refractivity contribution in [3.05, 3.63) is 51.8 Å². The Morgan fingerprint density at radius 2 is 2.05 bits per heavy atom. The third-order valence-corrected chi connectivity index (χ3v) is 4.79. The summed E-state index contributed by atoms with van der Waals surface area (Å²) in [6, 6.07) is 8.18. The number of carbonyl (C=O) groups is 1. The Morgan fingerprint density at radius 3 is 2.71 bits per heavy atom. The van der Waals surface area contributed by atoms with Gasteiger partial charge in [-0.2, -0.15) is 5.10 Å². The Hall–Kier alpha value is -1.61.